The Balaban J connectivity index is 0.00000106. The van der Waals surface area contributed by atoms with Crippen molar-refractivity contribution in [3.63, 3.8) is 0 Å². The molecular weight excluding hydrogens is 773 g/mol. The first-order valence-electron chi connectivity index (χ1n) is 25.7. The lowest BCUT2D eigenvalue weighted by Gasteiger charge is -2.30. The maximum atomic E-state index is 8.52. The van der Waals surface area contributed by atoms with Gasteiger partial charge in [0.15, 0.2) is 0 Å². The van der Waals surface area contributed by atoms with Gasteiger partial charge in [-0.1, -0.05) is 254 Å². The molecule has 0 N–H and O–H groups in total. The molecule has 0 unspecified atom stereocenters. The van der Waals surface area contributed by atoms with Crippen LogP contribution in [0.25, 0.3) is 0 Å². The molecule has 0 bridgehead atoms. The lowest BCUT2D eigenvalue weighted by Crippen LogP contribution is -2.39. The quantitative estimate of drug-likeness (QED) is 0.0291. The Morgan fingerprint density at radius 1 is 0.344 bits per heavy atom. The number of hydrogen-bond acceptors (Lipinski definition) is 4. The van der Waals surface area contributed by atoms with Crippen LogP contribution in [0.5, 0.6) is 0 Å². The van der Waals surface area contributed by atoms with Gasteiger partial charge in [-0.3, -0.25) is 8.42 Å². The van der Waals surface area contributed by atoms with Crippen LogP contribution >= 0.6 is 0 Å². The van der Waals surface area contributed by atoms with Crippen LogP contribution in [0.2, 0.25) is 0 Å². The molecule has 2 rings (SSSR count). The van der Waals surface area contributed by atoms with Crippen LogP contribution < -0.4 is 0 Å². The van der Waals surface area contributed by atoms with E-state index in [0.717, 1.165) is 22.1 Å². The van der Waals surface area contributed by atoms with Crippen molar-refractivity contribution in [1.29, 1.82) is 0 Å². The van der Waals surface area contributed by atoms with E-state index in [-0.39, 0.29) is 0 Å². The zero-order valence-corrected chi connectivity index (χ0v) is 42.0. The monoisotopic (exact) mass is 873 g/mol. The fourth-order valence-electron chi connectivity index (χ4n) is 8.49. The van der Waals surface area contributed by atoms with Crippen LogP contribution in [0.3, 0.4) is 0 Å². The van der Waals surface area contributed by atoms with Crippen molar-refractivity contribution < 1.29 is 26.5 Å². The molecule has 2 aromatic rings. The average molecular weight is 873 g/mol. The molecule has 7 heteroatoms. The second-order valence-corrected chi connectivity index (χ2v) is 20.4. The van der Waals surface area contributed by atoms with E-state index >= 15 is 0 Å². The van der Waals surface area contributed by atoms with Gasteiger partial charge >= 0.3 is 0 Å². The maximum Gasteiger partial charge on any atom is 0.104 e. The van der Waals surface area contributed by atoms with Gasteiger partial charge in [-0.2, -0.15) is 0 Å². The Bertz CT molecular complexity index is 1190. The van der Waals surface area contributed by atoms with Crippen molar-refractivity contribution in [2.75, 3.05) is 41.3 Å². The van der Waals surface area contributed by atoms with Gasteiger partial charge in [0.2, 0.25) is 0 Å². The van der Waals surface area contributed by atoms with Crippen molar-refractivity contribution >= 4 is 10.4 Å². The molecule has 0 aromatic heterocycles. The minimum Gasteiger partial charge on any atom is -0.759 e. The topological polar surface area (TPSA) is 80.3 Å². The third-order valence-corrected chi connectivity index (χ3v) is 12.1. The van der Waals surface area contributed by atoms with Gasteiger partial charge in [-0.05, 0) is 25.7 Å². The second kappa shape index (κ2) is 41.0. The van der Waals surface area contributed by atoms with Gasteiger partial charge in [-0.25, -0.2) is 0 Å². The first-order chi connectivity index (χ1) is 29.3. The summed E-state index contributed by atoms with van der Waals surface area (Å²) in [4.78, 5) is 0. The standard InChI is InChI=1S/2C27H50N.H2O4S/c2*1-4-5-6-7-8-9-10-11-12-13-14-15-16-17-18-22-25-28(2,3)26-27-23-20-19-21-24-27;1-5(2,3)4/h2*19-21,23-24H,4-18,22,25-26H2,1-3H3;(H2,1,2,3,4)/q2*+1;/p-2. The van der Waals surface area contributed by atoms with Crippen LogP contribution in [0.15, 0.2) is 60.7 Å². The summed E-state index contributed by atoms with van der Waals surface area (Å²) in [6, 6.07) is 21.9. The molecule has 0 saturated carbocycles. The van der Waals surface area contributed by atoms with Gasteiger partial charge in [0.25, 0.3) is 0 Å². The smallest absolute Gasteiger partial charge is 0.104 e. The van der Waals surface area contributed by atoms with E-state index in [9.17, 15) is 0 Å². The van der Waals surface area contributed by atoms with E-state index in [0.29, 0.717) is 0 Å². The SMILES string of the molecule is CCCCCCCCCCCCCCCCCC[N+](C)(C)Cc1ccccc1.CCCCCCCCCCCCCCCCCC[N+](C)(C)Cc1ccccc1.O=S(=O)([O-])[O-]. The summed E-state index contributed by atoms with van der Waals surface area (Å²) in [7, 11) is 4.33. The average Bonchev–Trinajstić information content (AvgIpc) is 3.20. The fourth-order valence-corrected chi connectivity index (χ4v) is 8.49. The number of hydrogen-bond donors (Lipinski definition) is 0. The van der Waals surface area contributed by atoms with Crippen molar-refractivity contribution in [3.05, 3.63) is 71.8 Å². The summed E-state index contributed by atoms with van der Waals surface area (Å²) in [6.07, 6.45) is 46.3. The first kappa shape index (κ1) is 59.2. The van der Waals surface area contributed by atoms with Crippen LogP contribution in [-0.4, -0.2) is 67.8 Å². The molecule has 0 aliphatic heterocycles. The zero-order chi connectivity index (χ0) is 45.2. The zero-order valence-electron chi connectivity index (χ0n) is 41.2. The largest absolute Gasteiger partial charge is 0.759 e. The summed E-state index contributed by atoms with van der Waals surface area (Å²) < 4.78 is 36.3. The highest BCUT2D eigenvalue weighted by Crippen LogP contribution is 2.17. The Hall–Kier alpha value is -1.77. The van der Waals surface area contributed by atoms with E-state index in [2.05, 4.69) is 103 Å². The third-order valence-electron chi connectivity index (χ3n) is 12.1. The summed E-state index contributed by atoms with van der Waals surface area (Å²) in [5.41, 5.74) is 2.92. The fraction of sp³-hybridized carbons (Fsp3) is 0.778. The predicted octanol–water partition coefficient (Wildman–Crippen LogP) is 15.7. The number of unbranched alkanes of at least 4 members (excludes halogenated alkanes) is 30. The third kappa shape index (κ3) is 47.5. The Kier molecular flexibility index (Phi) is 39.8. The highest BCUT2D eigenvalue weighted by atomic mass is 32.3. The van der Waals surface area contributed by atoms with Gasteiger partial charge in [0.05, 0.1) is 41.3 Å². The summed E-state index contributed by atoms with van der Waals surface area (Å²) in [5.74, 6) is 0. The minimum atomic E-state index is -5.17. The van der Waals surface area contributed by atoms with Crippen molar-refractivity contribution in [1.82, 2.24) is 0 Å². The van der Waals surface area contributed by atoms with Crippen LogP contribution in [-0.2, 0) is 23.5 Å². The molecule has 6 nitrogen and oxygen atoms in total. The normalized spacial score (nSPS) is 11.8. The molecular formula is C54H100N2O4S. The van der Waals surface area contributed by atoms with Crippen molar-refractivity contribution in [2.45, 2.75) is 232 Å². The molecule has 0 radical (unpaired) electrons. The molecule has 0 amide bonds. The van der Waals surface area contributed by atoms with Crippen molar-refractivity contribution in [3.8, 4) is 0 Å². The van der Waals surface area contributed by atoms with E-state index in [1.54, 1.807) is 0 Å². The molecule has 0 aliphatic rings. The number of nitrogens with zero attached hydrogens (tertiary/aromatic N) is 2. The number of quaternary nitrogens is 2. The molecule has 0 heterocycles. The highest BCUT2D eigenvalue weighted by Gasteiger charge is 2.16. The number of rotatable bonds is 38. The first-order valence-corrected chi connectivity index (χ1v) is 27.0. The van der Waals surface area contributed by atoms with Crippen molar-refractivity contribution in [2.24, 2.45) is 0 Å². The van der Waals surface area contributed by atoms with E-state index in [1.165, 1.54) is 230 Å². The van der Waals surface area contributed by atoms with E-state index < -0.39 is 10.4 Å². The van der Waals surface area contributed by atoms with Crippen LogP contribution in [0.4, 0.5) is 0 Å². The van der Waals surface area contributed by atoms with Gasteiger partial charge in [0.1, 0.15) is 13.1 Å². The van der Waals surface area contributed by atoms with E-state index in [4.69, 9.17) is 17.5 Å². The molecule has 0 saturated heterocycles. The second-order valence-electron chi connectivity index (χ2n) is 19.6. The Labute approximate surface area is 380 Å². The highest BCUT2D eigenvalue weighted by molar-refractivity contribution is 7.79. The lowest BCUT2D eigenvalue weighted by molar-refractivity contribution is -0.903. The predicted molar refractivity (Wildman–Crippen MR) is 264 cm³/mol. The van der Waals surface area contributed by atoms with Gasteiger partial charge in [-0.15, -0.1) is 0 Å². The molecule has 0 atom stereocenters. The van der Waals surface area contributed by atoms with Gasteiger partial charge in [0, 0.05) is 21.5 Å². The lowest BCUT2D eigenvalue weighted by atomic mass is 10.0. The molecule has 0 spiro atoms. The molecule has 356 valence electrons. The minimum absolute atomic E-state index is 1.11. The van der Waals surface area contributed by atoms with Crippen LogP contribution in [0, 0.1) is 0 Å². The molecule has 0 aliphatic carbocycles. The van der Waals surface area contributed by atoms with E-state index in [1.807, 2.05) is 0 Å². The Morgan fingerprint density at radius 2 is 0.525 bits per heavy atom. The summed E-state index contributed by atoms with van der Waals surface area (Å²) >= 11 is 0. The summed E-state index contributed by atoms with van der Waals surface area (Å²) in [5, 5.41) is 0. The molecule has 0 fully saturated rings. The Morgan fingerprint density at radius 3 is 0.721 bits per heavy atom. The van der Waals surface area contributed by atoms with Gasteiger partial charge < -0.3 is 18.1 Å². The maximum absolute atomic E-state index is 8.52. The number of benzene rings is 2. The molecule has 61 heavy (non-hydrogen) atoms. The molecule has 2 aromatic carbocycles. The van der Waals surface area contributed by atoms with Crippen LogP contribution in [0.1, 0.15) is 230 Å². The summed E-state index contributed by atoms with van der Waals surface area (Å²) in [6.45, 7) is 9.50.